The van der Waals surface area contributed by atoms with E-state index in [-0.39, 0.29) is 17.2 Å². The number of thioether (sulfide) groups is 1. The van der Waals surface area contributed by atoms with E-state index in [0.29, 0.717) is 24.7 Å². The Hall–Kier alpha value is -1.82. The number of aromatic nitrogens is 2. The topological polar surface area (TPSA) is 59.2 Å². The summed E-state index contributed by atoms with van der Waals surface area (Å²) in [4.78, 5) is 19.8. The number of anilines is 1. The number of carbonyl (C=O) groups excluding carboxylic acids is 1. The van der Waals surface area contributed by atoms with Gasteiger partial charge in [-0.15, -0.1) is 11.8 Å². The van der Waals surface area contributed by atoms with Gasteiger partial charge in [0.05, 0.1) is 5.92 Å². The Balaban J connectivity index is 1.77. The molecule has 23 heavy (non-hydrogen) atoms. The molecular formula is C17H21N3O2S. The van der Waals surface area contributed by atoms with Gasteiger partial charge in [0.2, 0.25) is 11.8 Å². The number of rotatable bonds is 3. The Morgan fingerprint density at radius 1 is 1.26 bits per heavy atom. The molecule has 1 aromatic carbocycles. The van der Waals surface area contributed by atoms with Gasteiger partial charge in [-0.2, -0.15) is 4.98 Å². The van der Waals surface area contributed by atoms with Crippen LogP contribution in [0.3, 0.4) is 0 Å². The molecule has 1 aromatic heterocycles. The second-order valence-electron chi connectivity index (χ2n) is 6.81. The van der Waals surface area contributed by atoms with Crippen LogP contribution in [-0.2, 0) is 10.2 Å². The van der Waals surface area contributed by atoms with Crippen LogP contribution in [0.1, 0.15) is 44.8 Å². The summed E-state index contributed by atoms with van der Waals surface area (Å²) >= 11 is 1.69. The first kappa shape index (κ1) is 16.1. The van der Waals surface area contributed by atoms with Gasteiger partial charge in [-0.1, -0.05) is 25.9 Å². The van der Waals surface area contributed by atoms with E-state index in [1.165, 1.54) is 4.90 Å². The van der Waals surface area contributed by atoms with E-state index in [4.69, 9.17) is 4.52 Å². The normalized spacial score (nSPS) is 18.7. The number of hydrogen-bond acceptors (Lipinski definition) is 5. The smallest absolute Gasteiger partial charge is 0.232 e. The van der Waals surface area contributed by atoms with Crippen molar-refractivity contribution in [1.29, 1.82) is 0 Å². The Labute approximate surface area is 140 Å². The Kier molecular flexibility index (Phi) is 4.19. The van der Waals surface area contributed by atoms with Gasteiger partial charge < -0.3 is 9.42 Å². The summed E-state index contributed by atoms with van der Waals surface area (Å²) in [6.07, 6.45) is 2.45. The van der Waals surface area contributed by atoms with Gasteiger partial charge in [-0.25, -0.2) is 0 Å². The zero-order valence-electron chi connectivity index (χ0n) is 13.9. The van der Waals surface area contributed by atoms with Crippen molar-refractivity contribution in [1.82, 2.24) is 10.1 Å². The van der Waals surface area contributed by atoms with Crippen molar-refractivity contribution in [3.05, 3.63) is 36.0 Å². The van der Waals surface area contributed by atoms with Crippen molar-refractivity contribution >= 4 is 23.4 Å². The van der Waals surface area contributed by atoms with Crippen molar-refractivity contribution in [3.8, 4) is 0 Å². The standard InChI is InChI=1S/C17H21N3O2S/c1-17(2,3)16-18-15(22-19-16)11-9-14(21)20(10-11)12-5-7-13(23-4)8-6-12/h5-8,11H,9-10H2,1-4H3. The maximum atomic E-state index is 12.3. The molecule has 2 heterocycles. The van der Waals surface area contributed by atoms with Crippen molar-refractivity contribution in [2.24, 2.45) is 0 Å². The summed E-state index contributed by atoms with van der Waals surface area (Å²) in [5, 5.41) is 4.06. The molecular weight excluding hydrogens is 310 g/mol. The van der Waals surface area contributed by atoms with Gasteiger partial charge in [-0.3, -0.25) is 4.79 Å². The second-order valence-corrected chi connectivity index (χ2v) is 7.69. The van der Waals surface area contributed by atoms with Crippen LogP contribution in [0.2, 0.25) is 0 Å². The van der Waals surface area contributed by atoms with E-state index < -0.39 is 0 Å². The predicted molar refractivity (Wildman–Crippen MR) is 90.9 cm³/mol. The van der Waals surface area contributed by atoms with E-state index in [1.807, 2.05) is 51.3 Å². The minimum Gasteiger partial charge on any atom is -0.339 e. The first-order valence-electron chi connectivity index (χ1n) is 7.67. The van der Waals surface area contributed by atoms with Crippen molar-refractivity contribution in [2.45, 2.75) is 43.4 Å². The van der Waals surface area contributed by atoms with E-state index in [1.54, 1.807) is 16.7 Å². The largest absolute Gasteiger partial charge is 0.339 e. The average molecular weight is 331 g/mol. The molecule has 0 N–H and O–H groups in total. The van der Waals surface area contributed by atoms with E-state index >= 15 is 0 Å². The summed E-state index contributed by atoms with van der Waals surface area (Å²) in [5.74, 6) is 1.31. The second kappa shape index (κ2) is 6.00. The molecule has 5 nitrogen and oxygen atoms in total. The molecule has 2 aromatic rings. The van der Waals surface area contributed by atoms with Gasteiger partial charge >= 0.3 is 0 Å². The molecule has 1 fully saturated rings. The first-order valence-corrected chi connectivity index (χ1v) is 8.89. The lowest BCUT2D eigenvalue weighted by molar-refractivity contribution is -0.117. The molecule has 1 amide bonds. The van der Waals surface area contributed by atoms with Crippen LogP contribution in [0.5, 0.6) is 0 Å². The predicted octanol–water partition coefficient (Wildman–Crippen LogP) is 3.61. The fraction of sp³-hybridized carbons (Fsp3) is 0.471. The van der Waals surface area contributed by atoms with Crippen molar-refractivity contribution < 1.29 is 9.32 Å². The molecule has 1 unspecified atom stereocenters. The SMILES string of the molecule is CSc1ccc(N2CC(c3nc(C(C)(C)C)no3)CC2=O)cc1. The van der Waals surface area contributed by atoms with Gasteiger partial charge in [0.1, 0.15) is 0 Å². The summed E-state index contributed by atoms with van der Waals surface area (Å²) < 4.78 is 5.40. The minimum absolute atomic E-state index is 0.0358. The lowest BCUT2D eigenvalue weighted by Gasteiger charge is -2.16. The monoisotopic (exact) mass is 331 g/mol. The highest BCUT2D eigenvalue weighted by atomic mass is 32.2. The highest BCUT2D eigenvalue weighted by molar-refractivity contribution is 7.98. The van der Waals surface area contributed by atoms with E-state index in [9.17, 15) is 4.79 Å². The molecule has 1 aliphatic rings. The zero-order chi connectivity index (χ0) is 16.6. The van der Waals surface area contributed by atoms with Crippen LogP contribution in [-0.4, -0.2) is 28.8 Å². The number of hydrogen-bond donors (Lipinski definition) is 0. The molecule has 0 radical (unpaired) electrons. The molecule has 0 aliphatic carbocycles. The maximum Gasteiger partial charge on any atom is 0.232 e. The third-order valence-corrected chi connectivity index (χ3v) is 4.71. The van der Waals surface area contributed by atoms with E-state index in [0.717, 1.165) is 5.69 Å². The third kappa shape index (κ3) is 3.27. The Bertz CT molecular complexity index is 703. The average Bonchev–Trinajstić information content (AvgIpc) is 3.13. The van der Waals surface area contributed by atoms with Gasteiger partial charge in [0, 0.05) is 29.0 Å². The van der Waals surface area contributed by atoms with E-state index in [2.05, 4.69) is 10.1 Å². The molecule has 0 spiro atoms. The van der Waals surface area contributed by atoms with Crippen LogP contribution < -0.4 is 4.90 Å². The van der Waals surface area contributed by atoms with Crippen LogP contribution in [0, 0.1) is 0 Å². The Morgan fingerprint density at radius 3 is 2.52 bits per heavy atom. The van der Waals surface area contributed by atoms with Crippen LogP contribution in [0.4, 0.5) is 5.69 Å². The lowest BCUT2D eigenvalue weighted by atomic mass is 9.96. The van der Waals surface area contributed by atoms with Crippen molar-refractivity contribution in [2.75, 3.05) is 17.7 Å². The quantitative estimate of drug-likeness (QED) is 0.804. The lowest BCUT2D eigenvalue weighted by Crippen LogP contribution is -2.24. The molecule has 1 aliphatic heterocycles. The third-order valence-electron chi connectivity index (χ3n) is 3.97. The number of amides is 1. The number of nitrogens with zero attached hydrogens (tertiary/aromatic N) is 3. The Morgan fingerprint density at radius 2 is 1.96 bits per heavy atom. The molecule has 1 atom stereocenters. The van der Waals surface area contributed by atoms with Gasteiger partial charge in [0.25, 0.3) is 0 Å². The van der Waals surface area contributed by atoms with Crippen LogP contribution in [0.15, 0.2) is 33.7 Å². The zero-order valence-corrected chi connectivity index (χ0v) is 14.7. The van der Waals surface area contributed by atoms with Gasteiger partial charge in [-0.05, 0) is 30.5 Å². The number of carbonyl (C=O) groups is 1. The number of benzene rings is 1. The summed E-state index contributed by atoms with van der Waals surface area (Å²) in [6.45, 7) is 6.71. The molecule has 122 valence electrons. The first-order chi connectivity index (χ1) is 10.9. The van der Waals surface area contributed by atoms with Crippen molar-refractivity contribution in [3.63, 3.8) is 0 Å². The highest BCUT2D eigenvalue weighted by Crippen LogP contribution is 2.32. The van der Waals surface area contributed by atoms with Crippen LogP contribution in [0.25, 0.3) is 0 Å². The highest BCUT2D eigenvalue weighted by Gasteiger charge is 2.36. The fourth-order valence-electron chi connectivity index (χ4n) is 2.59. The summed E-state index contributed by atoms with van der Waals surface area (Å²) in [7, 11) is 0. The van der Waals surface area contributed by atoms with Crippen LogP contribution >= 0.6 is 11.8 Å². The molecule has 0 bridgehead atoms. The molecule has 1 saturated heterocycles. The molecule has 6 heteroatoms. The summed E-state index contributed by atoms with van der Waals surface area (Å²) in [6, 6.07) is 8.04. The van der Waals surface area contributed by atoms with Gasteiger partial charge in [0.15, 0.2) is 5.82 Å². The summed E-state index contributed by atoms with van der Waals surface area (Å²) in [5.41, 5.74) is 0.767. The molecule has 3 rings (SSSR count). The fourth-order valence-corrected chi connectivity index (χ4v) is 3.00. The minimum atomic E-state index is -0.155. The molecule has 0 saturated carbocycles. The maximum absolute atomic E-state index is 12.3.